The minimum atomic E-state index is -4.25. The van der Waals surface area contributed by atoms with Crippen LogP contribution in [-0.4, -0.2) is 36.4 Å². The fourth-order valence-corrected chi connectivity index (χ4v) is 4.09. The maximum Gasteiger partial charge on any atom is 0.287 e. The highest BCUT2D eigenvalue weighted by atomic mass is 35.5. The molecule has 0 fully saturated rings. The number of aromatic nitrogens is 3. The molecule has 0 aliphatic heterocycles. The Kier molecular flexibility index (Phi) is 5.59. The van der Waals surface area contributed by atoms with Crippen molar-refractivity contribution < 1.29 is 17.9 Å². The lowest BCUT2D eigenvalue weighted by Gasteiger charge is -2.10. The van der Waals surface area contributed by atoms with Crippen LogP contribution < -0.4 is 9.46 Å². The predicted molar refractivity (Wildman–Crippen MR) is 104 cm³/mol. The number of amides is 1. The van der Waals surface area contributed by atoms with E-state index in [0.717, 1.165) is 5.56 Å². The van der Waals surface area contributed by atoms with Gasteiger partial charge >= 0.3 is 0 Å². The van der Waals surface area contributed by atoms with E-state index in [1.54, 1.807) is 12.1 Å². The largest absolute Gasteiger partial charge is 0.495 e. The van der Waals surface area contributed by atoms with Crippen molar-refractivity contribution >= 4 is 39.1 Å². The molecule has 28 heavy (non-hydrogen) atoms. The standard InChI is InChI=1S/C17H14Cl2N4O4S/c1-10-3-5-14(12(19)7-10)23-9-13(20-22-23)17(24)21-28(25,26)16-8-11(18)4-6-15(16)27-2/h3-9H,1-2H3,(H,21,24). The highest BCUT2D eigenvalue weighted by Gasteiger charge is 2.25. The van der Waals surface area contributed by atoms with Crippen LogP contribution in [0.5, 0.6) is 5.75 Å². The Morgan fingerprint density at radius 2 is 1.93 bits per heavy atom. The van der Waals surface area contributed by atoms with Crippen molar-refractivity contribution in [3.8, 4) is 11.4 Å². The van der Waals surface area contributed by atoms with Crippen LogP contribution >= 0.6 is 23.2 Å². The van der Waals surface area contributed by atoms with Gasteiger partial charge in [0.25, 0.3) is 15.9 Å². The number of hydrogen-bond acceptors (Lipinski definition) is 6. The first-order valence-electron chi connectivity index (χ1n) is 7.81. The summed E-state index contributed by atoms with van der Waals surface area (Å²) >= 11 is 12.0. The molecule has 11 heteroatoms. The first-order chi connectivity index (χ1) is 13.2. The zero-order valence-corrected chi connectivity index (χ0v) is 17.0. The molecule has 3 aromatic rings. The molecule has 2 aromatic carbocycles. The number of nitrogens with one attached hydrogen (secondary N) is 1. The van der Waals surface area contributed by atoms with Crippen LogP contribution in [0.3, 0.4) is 0 Å². The van der Waals surface area contributed by atoms with Gasteiger partial charge in [0.1, 0.15) is 10.6 Å². The Hall–Kier alpha value is -2.62. The van der Waals surface area contributed by atoms with Gasteiger partial charge in [-0.2, -0.15) is 0 Å². The van der Waals surface area contributed by atoms with Crippen molar-refractivity contribution in [3.05, 3.63) is 63.9 Å². The summed E-state index contributed by atoms with van der Waals surface area (Å²) in [6.45, 7) is 1.88. The van der Waals surface area contributed by atoms with E-state index in [1.807, 2.05) is 17.7 Å². The molecule has 0 atom stereocenters. The predicted octanol–water partition coefficient (Wildman–Crippen LogP) is 3.01. The second kappa shape index (κ2) is 7.78. The summed E-state index contributed by atoms with van der Waals surface area (Å²) in [5.74, 6) is -0.920. The van der Waals surface area contributed by atoms with E-state index < -0.39 is 15.9 Å². The molecular weight excluding hydrogens is 427 g/mol. The van der Waals surface area contributed by atoms with Gasteiger partial charge in [-0.05, 0) is 42.8 Å². The minimum Gasteiger partial charge on any atom is -0.495 e. The van der Waals surface area contributed by atoms with Crippen LogP contribution in [0.25, 0.3) is 5.69 Å². The number of benzene rings is 2. The van der Waals surface area contributed by atoms with Crippen molar-refractivity contribution in [3.63, 3.8) is 0 Å². The van der Waals surface area contributed by atoms with Gasteiger partial charge in [0, 0.05) is 5.02 Å². The number of nitrogens with zero attached hydrogens (tertiary/aromatic N) is 3. The molecule has 0 spiro atoms. The Bertz CT molecular complexity index is 1160. The smallest absolute Gasteiger partial charge is 0.287 e. The van der Waals surface area contributed by atoms with Crippen molar-refractivity contribution in [1.82, 2.24) is 19.7 Å². The summed E-state index contributed by atoms with van der Waals surface area (Å²) in [4.78, 5) is 12.1. The topological polar surface area (TPSA) is 103 Å². The van der Waals surface area contributed by atoms with Gasteiger partial charge < -0.3 is 4.74 Å². The number of sulfonamides is 1. The second-order valence-corrected chi connectivity index (χ2v) is 8.23. The van der Waals surface area contributed by atoms with E-state index >= 15 is 0 Å². The lowest BCUT2D eigenvalue weighted by molar-refractivity contribution is 0.0976. The molecule has 8 nitrogen and oxygen atoms in total. The molecule has 0 aliphatic carbocycles. The van der Waals surface area contributed by atoms with E-state index in [-0.39, 0.29) is 21.4 Å². The molecule has 0 saturated carbocycles. The molecule has 0 saturated heterocycles. The van der Waals surface area contributed by atoms with Crippen LogP contribution in [0.15, 0.2) is 47.5 Å². The fourth-order valence-electron chi connectivity index (χ4n) is 2.37. The number of aryl methyl sites for hydroxylation is 1. The van der Waals surface area contributed by atoms with Crippen LogP contribution in [0.2, 0.25) is 10.0 Å². The molecule has 0 bridgehead atoms. The van der Waals surface area contributed by atoms with Crippen LogP contribution in [0.4, 0.5) is 0 Å². The highest BCUT2D eigenvalue weighted by Crippen LogP contribution is 2.27. The minimum absolute atomic E-state index is 0.0415. The summed E-state index contributed by atoms with van der Waals surface area (Å²) in [5, 5.41) is 8.13. The molecule has 1 aromatic heterocycles. The lowest BCUT2D eigenvalue weighted by Crippen LogP contribution is -2.31. The number of methoxy groups -OCH3 is 1. The van der Waals surface area contributed by atoms with E-state index in [9.17, 15) is 13.2 Å². The van der Waals surface area contributed by atoms with Crippen LogP contribution in [-0.2, 0) is 10.0 Å². The lowest BCUT2D eigenvalue weighted by atomic mass is 10.2. The molecule has 3 rings (SSSR count). The van der Waals surface area contributed by atoms with Crippen molar-refractivity contribution in [2.45, 2.75) is 11.8 Å². The highest BCUT2D eigenvalue weighted by molar-refractivity contribution is 7.90. The average Bonchev–Trinajstić information content (AvgIpc) is 3.11. The molecule has 1 heterocycles. The Labute approximate surface area is 171 Å². The van der Waals surface area contributed by atoms with Crippen LogP contribution in [0, 0.1) is 6.92 Å². The van der Waals surface area contributed by atoms with Gasteiger partial charge in [-0.25, -0.2) is 17.8 Å². The zero-order valence-electron chi connectivity index (χ0n) is 14.7. The molecule has 1 amide bonds. The molecular formula is C17H14Cl2N4O4S. The van der Waals surface area contributed by atoms with Gasteiger partial charge in [-0.3, -0.25) is 4.79 Å². The Balaban J connectivity index is 1.88. The first-order valence-corrected chi connectivity index (χ1v) is 10.0. The summed E-state index contributed by atoms with van der Waals surface area (Å²) in [6, 6.07) is 9.29. The monoisotopic (exact) mass is 440 g/mol. The number of carbonyl (C=O) groups excluding carboxylic acids is 1. The molecule has 0 aliphatic rings. The SMILES string of the molecule is COc1ccc(Cl)cc1S(=O)(=O)NC(=O)c1cn(-c2ccc(C)cc2Cl)nn1. The number of ether oxygens (including phenoxy) is 1. The van der Waals surface area contributed by atoms with Gasteiger partial charge in [0.2, 0.25) is 0 Å². The van der Waals surface area contributed by atoms with E-state index in [4.69, 9.17) is 27.9 Å². The molecule has 1 N–H and O–H groups in total. The summed E-state index contributed by atoms with van der Waals surface area (Å²) in [5.41, 5.74) is 1.24. The van der Waals surface area contributed by atoms with Gasteiger partial charge in [0.15, 0.2) is 5.69 Å². The van der Waals surface area contributed by atoms with Gasteiger partial charge in [-0.15, -0.1) is 5.10 Å². The number of rotatable bonds is 5. The number of halogens is 2. The molecule has 146 valence electrons. The molecule has 0 unspecified atom stereocenters. The second-order valence-electron chi connectivity index (χ2n) is 5.73. The van der Waals surface area contributed by atoms with Crippen molar-refractivity contribution in [2.24, 2.45) is 0 Å². The van der Waals surface area contributed by atoms with Crippen molar-refractivity contribution in [1.29, 1.82) is 0 Å². The van der Waals surface area contributed by atoms with E-state index in [0.29, 0.717) is 10.7 Å². The first kappa shape index (κ1) is 20.1. The van der Waals surface area contributed by atoms with Crippen LogP contribution in [0.1, 0.15) is 16.1 Å². The van der Waals surface area contributed by atoms with Gasteiger partial charge in [0.05, 0.1) is 24.0 Å². The zero-order chi connectivity index (χ0) is 20.5. The third-order valence-electron chi connectivity index (χ3n) is 3.72. The Morgan fingerprint density at radius 1 is 1.18 bits per heavy atom. The number of carbonyl (C=O) groups is 1. The molecule has 0 radical (unpaired) electrons. The summed E-state index contributed by atoms with van der Waals surface area (Å²) in [6.07, 6.45) is 1.27. The number of hydrogen-bond donors (Lipinski definition) is 1. The third-order valence-corrected chi connectivity index (χ3v) is 5.61. The van der Waals surface area contributed by atoms with Crippen molar-refractivity contribution in [2.75, 3.05) is 7.11 Å². The fraction of sp³-hybridized carbons (Fsp3) is 0.118. The maximum atomic E-state index is 12.6. The Morgan fingerprint density at radius 3 is 2.61 bits per heavy atom. The van der Waals surface area contributed by atoms with Gasteiger partial charge in [-0.1, -0.05) is 34.5 Å². The van der Waals surface area contributed by atoms with E-state index in [2.05, 4.69) is 10.3 Å². The third kappa shape index (κ3) is 4.11. The quantitative estimate of drug-likeness (QED) is 0.653. The maximum absolute atomic E-state index is 12.6. The summed E-state index contributed by atoms with van der Waals surface area (Å²) in [7, 11) is -2.95. The summed E-state index contributed by atoms with van der Waals surface area (Å²) < 4.78 is 33.4. The normalized spacial score (nSPS) is 11.3. The van der Waals surface area contributed by atoms with E-state index in [1.165, 1.54) is 36.2 Å². The average molecular weight is 441 g/mol.